The lowest BCUT2D eigenvalue weighted by molar-refractivity contribution is 0.414. The normalized spacial score (nSPS) is 12.8. The summed E-state index contributed by atoms with van der Waals surface area (Å²) in [5.41, 5.74) is 0. The van der Waals surface area contributed by atoms with Crippen molar-refractivity contribution in [1.82, 2.24) is 5.32 Å². The molecule has 0 saturated heterocycles. The van der Waals surface area contributed by atoms with E-state index in [-0.39, 0.29) is 0 Å². The summed E-state index contributed by atoms with van der Waals surface area (Å²) in [7, 11) is 0. The first-order chi connectivity index (χ1) is 8.85. The molecular formula is C17H37N. The van der Waals surface area contributed by atoms with Gasteiger partial charge in [0.1, 0.15) is 0 Å². The minimum Gasteiger partial charge on any atom is -0.314 e. The molecule has 0 aliphatic rings. The number of rotatable bonds is 14. The van der Waals surface area contributed by atoms with E-state index in [1.807, 2.05) is 0 Å². The maximum atomic E-state index is 3.78. The van der Waals surface area contributed by atoms with Gasteiger partial charge in [0.2, 0.25) is 0 Å². The van der Waals surface area contributed by atoms with E-state index in [4.69, 9.17) is 0 Å². The molecule has 0 aliphatic carbocycles. The zero-order valence-corrected chi connectivity index (χ0v) is 13.3. The molecule has 0 spiro atoms. The van der Waals surface area contributed by atoms with Gasteiger partial charge in [0.05, 0.1) is 0 Å². The minimum absolute atomic E-state index is 0.795. The van der Waals surface area contributed by atoms with Crippen LogP contribution in [-0.4, -0.2) is 12.6 Å². The van der Waals surface area contributed by atoms with Crippen LogP contribution in [-0.2, 0) is 0 Å². The minimum atomic E-state index is 0.795. The van der Waals surface area contributed by atoms with Crippen LogP contribution in [0, 0.1) is 0 Å². The van der Waals surface area contributed by atoms with Gasteiger partial charge in [0, 0.05) is 6.04 Å². The molecular weight excluding hydrogens is 218 g/mol. The molecule has 1 nitrogen and oxygen atoms in total. The number of nitrogens with one attached hydrogen (secondary N) is 1. The van der Waals surface area contributed by atoms with Gasteiger partial charge in [0.25, 0.3) is 0 Å². The van der Waals surface area contributed by atoms with E-state index in [1.54, 1.807) is 0 Å². The van der Waals surface area contributed by atoms with Crippen molar-refractivity contribution in [2.45, 2.75) is 104 Å². The lowest BCUT2D eigenvalue weighted by atomic mass is 10.0. The average molecular weight is 255 g/mol. The molecule has 0 aromatic rings. The fraction of sp³-hybridized carbons (Fsp3) is 1.00. The zero-order chi connectivity index (χ0) is 13.5. The van der Waals surface area contributed by atoms with Crippen LogP contribution in [0.4, 0.5) is 0 Å². The van der Waals surface area contributed by atoms with Crippen LogP contribution in [0.1, 0.15) is 97.8 Å². The molecule has 0 amide bonds. The molecule has 0 radical (unpaired) electrons. The lowest BCUT2D eigenvalue weighted by Crippen LogP contribution is -2.30. The molecule has 1 heteroatoms. The van der Waals surface area contributed by atoms with Crippen molar-refractivity contribution in [3.63, 3.8) is 0 Å². The van der Waals surface area contributed by atoms with Crippen LogP contribution in [0.2, 0.25) is 0 Å². The quantitative estimate of drug-likeness (QED) is 0.393. The molecule has 110 valence electrons. The Balaban J connectivity index is 3.56. The van der Waals surface area contributed by atoms with Crippen molar-refractivity contribution in [2.24, 2.45) is 0 Å². The molecule has 1 N–H and O–H groups in total. The number of unbranched alkanes of at least 4 members (excludes halogenated alkanes) is 7. The van der Waals surface area contributed by atoms with E-state index in [0.717, 1.165) is 6.04 Å². The molecule has 0 aliphatic heterocycles. The molecule has 0 bridgehead atoms. The van der Waals surface area contributed by atoms with E-state index >= 15 is 0 Å². The van der Waals surface area contributed by atoms with E-state index in [1.165, 1.54) is 83.6 Å². The second kappa shape index (κ2) is 15.0. The Kier molecular flexibility index (Phi) is 15.0. The Morgan fingerprint density at radius 3 is 1.83 bits per heavy atom. The van der Waals surface area contributed by atoms with Gasteiger partial charge in [-0.2, -0.15) is 0 Å². The summed E-state index contributed by atoms with van der Waals surface area (Å²) in [5, 5.41) is 3.78. The molecule has 0 aromatic heterocycles. The zero-order valence-electron chi connectivity index (χ0n) is 13.3. The van der Waals surface area contributed by atoms with Gasteiger partial charge in [-0.1, -0.05) is 78.6 Å². The molecule has 0 fully saturated rings. The first-order valence-electron chi connectivity index (χ1n) is 8.58. The van der Waals surface area contributed by atoms with Crippen LogP contribution in [0.15, 0.2) is 0 Å². The fourth-order valence-electron chi connectivity index (χ4n) is 2.47. The monoisotopic (exact) mass is 255 g/mol. The number of hydrogen-bond acceptors (Lipinski definition) is 1. The standard InChI is InChI=1S/C17H37N/c1-4-7-10-11-12-15-17(14-9-6-3)18-16-13-8-5-2/h17-18H,4-16H2,1-3H3. The lowest BCUT2D eigenvalue weighted by Gasteiger charge is -2.18. The maximum Gasteiger partial charge on any atom is 0.00670 e. The summed E-state index contributed by atoms with van der Waals surface area (Å²) in [6.45, 7) is 8.11. The van der Waals surface area contributed by atoms with Gasteiger partial charge in [-0.05, 0) is 25.8 Å². The van der Waals surface area contributed by atoms with Crippen LogP contribution in [0.25, 0.3) is 0 Å². The topological polar surface area (TPSA) is 12.0 Å². The van der Waals surface area contributed by atoms with E-state index in [2.05, 4.69) is 26.1 Å². The summed E-state index contributed by atoms with van der Waals surface area (Å²) < 4.78 is 0. The smallest absolute Gasteiger partial charge is 0.00670 e. The Morgan fingerprint density at radius 1 is 0.611 bits per heavy atom. The van der Waals surface area contributed by atoms with E-state index in [0.29, 0.717) is 0 Å². The second-order valence-electron chi connectivity index (χ2n) is 5.70. The second-order valence-corrected chi connectivity index (χ2v) is 5.70. The molecule has 0 heterocycles. The maximum absolute atomic E-state index is 3.78. The van der Waals surface area contributed by atoms with Gasteiger partial charge in [-0.25, -0.2) is 0 Å². The van der Waals surface area contributed by atoms with Crippen molar-refractivity contribution in [3.8, 4) is 0 Å². The van der Waals surface area contributed by atoms with E-state index < -0.39 is 0 Å². The largest absolute Gasteiger partial charge is 0.314 e. The molecule has 0 rings (SSSR count). The average Bonchev–Trinajstić information content (AvgIpc) is 2.39. The first-order valence-corrected chi connectivity index (χ1v) is 8.58. The highest BCUT2D eigenvalue weighted by atomic mass is 14.9. The van der Waals surface area contributed by atoms with Crippen molar-refractivity contribution < 1.29 is 0 Å². The van der Waals surface area contributed by atoms with Gasteiger partial charge in [-0.3, -0.25) is 0 Å². The first kappa shape index (κ1) is 18.0. The predicted octanol–water partition coefficient (Wildman–Crippen LogP) is 5.69. The van der Waals surface area contributed by atoms with E-state index in [9.17, 15) is 0 Å². The third-order valence-electron chi connectivity index (χ3n) is 3.78. The predicted molar refractivity (Wildman–Crippen MR) is 84.2 cm³/mol. The van der Waals surface area contributed by atoms with Crippen molar-refractivity contribution in [3.05, 3.63) is 0 Å². The van der Waals surface area contributed by atoms with Gasteiger partial charge < -0.3 is 5.32 Å². The highest BCUT2D eigenvalue weighted by Crippen LogP contribution is 2.11. The highest BCUT2D eigenvalue weighted by molar-refractivity contribution is 4.67. The molecule has 1 unspecified atom stereocenters. The molecule has 18 heavy (non-hydrogen) atoms. The Labute approximate surface area is 116 Å². The fourth-order valence-corrected chi connectivity index (χ4v) is 2.47. The van der Waals surface area contributed by atoms with Gasteiger partial charge in [0.15, 0.2) is 0 Å². The third-order valence-corrected chi connectivity index (χ3v) is 3.78. The summed E-state index contributed by atoms with van der Waals surface area (Å²) >= 11 is 0. The van der Waals surface area contributed by atoms with Gasteiger partial charge in [-0.15, -0.1) is 0 Å². The van der Waals surface area contributed by atoms with Crippen molar-refractivity contribution >= 4 is 0 Å². The van der Waals surface area contributed by atoms with Crippen molar-refractivity contribution in [2.75, 3.05) is 6.54 Å². The Bertz CT molecular complexity index is 145. The molecule has 1 atom stereocenters. The third kappa shape index (κ3) is 12.4. The van der Waals surface area contributed by atoms with Crippen LogP contribution < -0.4 is 5.32 Å². The molecule has 0 aromatic carbocycles. The summed E-state index contributed by atoms with van der Waals surface area (Å²) in [6.07, 6.45) is 16.7. The van der Waals surface area contributed by atoms with Crippen molar-refractivity contribution in [1.29, 1.82) is 0 Å². The summed E-state index contributed by atoms with van der Waals surface area (Å²) in [4.78, 5) is 0. The number of hydrogen-bond donors (Lipinski definition) is 1. The Morgan fingerprint density at radius 2 is 1.17 bits per heavy atom. The van der Waals surface area contributed by atoms with Crippen LogP contribution >= 0.6 is 0 Å². The summed E-state index contributed by atoms with van der Waals surface area (Å²) in [6, 6.07) is 0.795. The van der Waals surface area contributed by atoms with Crippen LogP contribution in [0.5, 0.6) is 0 Å². The molecule has 0 saturated carbocycles. The van der Waals surface area contributed by atoms with Crippen LogP contribution in [0.3, 0.4) is 0 Å². The van der Waals surface area contributed by atoms with Gasteiger partial charge >= 0.3 is 0 Å². The summed E-state index contributed by atoms with van der Waals surface area (Å²) in [5.74, 6) is 0. The Hall–Kier alpha value is -0.0400. The SMILES string of the molecule is CCCCCCCC(CCCC)NCCCCC. The highest BCUT2D eigenvalue weighted by Gasteiger charge is 2.06.